The molecule has 4 nitrogen and oxygen atoms in total. The van der Waals surface area contributed by atoms with Crippen LogP contribution in [0.2, 0.25) is 0 Å². The van der Waals surface area contributed by atoms with Crippen LogP contribution in [-0.4, -0.2) is 21.7 Å². The maximum Gasteiger partial charge on any atom is 0.416 e. The first-order chi connectivity index (χ1) is 16.3. The van der Waals surface area contributed by atoms with Crippen molar-refractivity contribution in [3.8, 4) is 11.8 Å². The molecule has 2 amide bonds. The highest BCUT2D eigenvalue weighted by atomic mass is 19.4. The molecule has 1 aliphatic heterocycles. The van der Waals surface area contributed by atoms with E-state index >= 15 is 0 Å². The van der Waals surface area contributed by atoms with Crippen molar-refractivity contribution in [1.29, 1.82) is 0 Å². The molecular formula is C27H19F3N2O2. The molecule has 0 N–H and O–H groups in total. The second-order valence-electron chi connectivity index (χ2n) is 7.64. The van der Waals surface area contributed by atoms with Crippen molar-refractivity contribution in [2.24, 2.45) is 0 Å². The van der Waals surface area contributed by atoms with Crippen LogP contribution in [-0.2, 0) is 28.7 Å². The Bertz CT molecular complexity index is 1310. The standard InChI is InChI=1S/C27H19F3N2O2/c1-2-18-6-8-19(9-7-18)10-15-23-24(20-11-13-21(14-12-20)27(28,29)30)26(34)32(25(23)33)17-22-5-3-4-16-31-22/h3-9,11-14,16H,2,17H2,1H3. The summed E-state index contributed by atoms with van der Waals surface area (Å²) in [6.45, 7) is 1.96. The smallest absolute Gasteiger partial charge is 0.269 e. The van der Waals surface area contributed by atoms with Gasteiger partial charge in [0.25, 0.3) is 11.8 Å². The molecule has 0 unspecified atom stereocenters. The lowest BCUT2D eigenvalue weighted by Gasteiger charge is -2.14. The molecule has 2 aromatic carbocycles. The fourth-order valence-electron chi connectivity index (χ4n) is 3.54. The van der Waals surface area contributed by atoms with Gasteiger partial charge in [-0.2, -0.15) is 13.2 Å². The minimum Gasteiger partial charge on any atom is -0.269 e. The van der Waals surface area contributed by atoms with Crippen LogP contribution in [0.25, 0.3) is 5.57 Å². The Morgan fingerprint density at radius 3 is 2.18 bits per heavy atom. The van der Waals surface area contributed by atoms with E-state index in [4.69, 9.17) is 0 Å². The van der Waals surface area contributed by atoms with E-state index in [1.54, 1.807) is 24.4 Å². The van der Waals surface area contributed by atoms with Crippen molar-refractivity contribution in [3.05, 3.63) is 106 Å². The van der Waals surface area contributed by atoms with Gasteiger partial charge in [-0.15, -0.1) is 0 Å². The van der Waals surface area contributed by atoms with Crippen LogP contribution < -0.4 is 0 Å². The van der Waals surface area contributed by atoms with Crippen molar-refractivity contribution < 1.29 is 22.8 Å². The Hall–Kier alpha value is -4.18. The summed E-state index contributed by atoms with van der Waals surface area (Å²) < 4.78 is 39.0. The van der Waals surface area contributed by atoms with Gasteiger partial charge in [0.2, 0.25) is 0 Å². The summed E-state index contributed by atoms with van der Waals surface area (Å²) >= 11 is 0. The number of amides is 2. The van der Waals surface area contributed by atoms with Gasteiger partial charge in [-0.1, -0.05) is 49.1 Å². The van der Waals surface area contributed by atoms with Gasteiger partial charge in [0.1, 0.15) is 5.57 Å². The number of carbonyl (C=O) groups excluding carboxylic acids is 2. The summed E-state index contributed by atoms with van der Waals surface area (Å²) in [5.41, 5.74) is 1.56. The summed E-state index contributed by atoms with van der Waals surface area (Å²) in [6.07, 6.45) is -2.10. The SMILES string of the molecule is CCc1ccc(C#CC2=C(c3ccc(C(F)(F)F)cc3)C(=O)N(Cc3ccccn3)C2=O)cc1. The molecule has 0 saturated carbocycles. The number of benzene rings is 2. The molecule has 0 aliphatic carbocycles. The Kier molecular flexibility index (Phi) is 6.33. The number of pyridine rings is 1. The molecule has 0 atom stereocenters. The predicted octanol–water partition coefficient (Wildman–Crippen LogP) is 5.04. The number of aryl methyl sites for hydroxylation is 1. The molecule has 0 bridgehead atoms. The fourth-order valence-corrected chi connectivity index (χ4v) is 3.54. The molecule has 3 aromatic rings. The van der Waals surface area contributed by atoms with Gasteiger partial charge in [-0.25, -0.2) is 0 Å². The van der Waals surface area contributed by atoms with E-state index in [0.717, 1.165) is 29.0 Å². The Labute approximate surface area is 194 Å². The molecule has 1 aromatic heterocycles. The highest BCUT2D eigenvalue weighted by molar-refractivity contribution is 6.37. The van der Waals surface area contributed by atoms with E-state index in [1.807, 2.05) is 31.2 Å². The number of rotatable bonds is 4. The summed E-state index contributed by atoms with van der Waals surface area (Å²) in [4.78, 5) is 31.6. The second kappa shape index (κ2) is 9.36. The van der Waals surface area contributed by atoms with Gasteiger partial charge in [0.05, 0.1) is 23.4 Å². The molecule has 0 radical (unpaired) electrons. The van der Waals surface area contributed by atoms with Gasteiger partial charge >= 0.3 is 6.18 Å². The van der Waals surface area contributed by atoms with Crippen LogP contribution in [0.15, 0.2) is 78.5 Å². The summed E-state index contributed by atoms with van der Waals surface area (Å²) in [5.74, 6) is 4.47. The molecule has 2 heterocycles. The molecule has 0 saturated heterocycles. The minimum absolute atomic E-state index is 0.0210. The quantitative estimate of drug-likeness (QED) is 0.405. The lowest BCUT2D eigenvalue weighted by Crippen LogP contribution is -2.31. The zero-order chi connectivity index (χ0) is 24.3. The van der Waals surface area contributed by atoms with Crippen LogP contribution in [0.3, 0.4) is 0 Å². The Balaban J connectivity index is 1.75. The van der Waals surface area contributed by atoms with Crippen molar-refractivity contribution in [2.45, 2.75) is 26.1 Å². The van der Waals surface area contributed by atoms with Gasteiger partial charge < -0.3 is 0 Å². The van der Waals surface area contributed by atoms with Crippen molar-refractivity contribution in [2.75, 3.05) is 0 Å². The number of halogens is 3. The van der Waals surface area contributed by atoms with Crippen LogP contribution in [0, 0.1) is 11.8 Å². The van der Waals surface area contributed by atoms with Gasteiger partial charge in [0.15, 0.2) is 0 Å². The highest BCUT2D eigenvalue weighted by Crippen LogP contribution is 2.33. The Morgan fingerprint density at radius 2 is 1.59 bits per heavy atom. The summed E-state index contributed by atoms with van der Waals surface area (Å²) in [5, 5.41) is 0. The Morgan fingerprint density at radius 1 is 0.882 bits per heavy atom. The molecule has 0 spiro atoms. The highest BCUT2D eigenvalue weighted by Gasteiger charge is 2.39. The van der Waals surface area contributed by atoms with Crippen LogP contribution >= 0.6 is 0 Å². The molecule has 0 fully saturated rings. The molecular weight excluding hydrogens is 441 g/mol. The lowest BCUT2D eigenvalue weighted by atomic mass is 10.00. The van der Waals surface area contributed by atoms with Gasteiger partial charge in [-0.3, -0.25) is 19.5 Å². The number of nitrogens with zero attached hydrogens (tertiary/aromatic N) is 2. The topological polar surface area (TPSA) is 50.3 Å². The second-order valence-corrected chi connectivity index (χ2v) is 7.64. The zero-order valence-corrected chi connectivity index (χ0v) is 18.2. The first-order valence-electron chi connectivity index (χ1n) is 10.6. The van der Waals surface area contributed by atoms with E-state index in [2.05, 4.69) is 16.8 Å². The minimum atomic E-state index is -4.51. The van der Waals surface area contributed by atoms with Crippen molar-refractivity contribution >= 4 is 17.4 Å². The predicted molar refractivity (Wildman–Crippen MR) is 121 cm³/mol. The first-order valence-corrected chi connectivity index (χ1v) is 10.6. The van der Waals surface area contributed by atoms with Crippen LogP contribution in [0.1, 0.15) is 34.9 Å². The van der Waals surface area contributed by atoms with E-state index in [-0.39, 0.29) is 23.3 Å². The van der Waals surface area contributed by atoms with Crippen LogP contribution in [0.5, 0.6) is 0 Å². The number of imide groups is 1. The number of aromatic nitrogens is 1. The lowest BCUT2D eigenvalue weighted by molar-refractivity contribution is -0.138. The maximum absolute atomic E-state index is 13.2. The normalized spacial score (nSPS) is 13.8. The molecule has 4 rings (SSSR count). The van der Waals surface area contributed by atoms with Crippen LogP contribution in [0.4, 0.5) is 13.2 Å². The third-order valence-corrected chi connectivity index (χ3v) is 5.41. The number of hydrogen-bond acceptors (Lipinski definition) is 3. The average molecular weight is 460 g/mol. The zero-order valence-electron chi connectivity index (χ0n) is 18.2. The number of hydrogen-bond donors (Lipinski definition) is 0. The van der Waals surface area contributed by atoms with Crippen molar-refractivity contribution in [1.82, 2.24) is 9.88 Å². The third kappa shape index (κ3) is 4.76. The fraction of sp³-hybridized carbons (Fsp3) is 0.148. The largest absolute Gasteiger partial charge is 0.416 e. The molecule has 170 valence electrons. The first kappa shape index (κ1) is 23.0. The van der Waals surface area contributed by atoms with Gasteiger partial charge in [0, 0.05) is 11.8 Å². The molecule has 34 heavy (non-hydrogen) atoms. The average Bonchev–Trinajstić information content (AvgIpc) is 3.07. The van der Waals surface area contributed by atoms with E-state index in [0.29, 0.717) is 11.3 Å². The number of alkyl halides is 3. The van der Waals surface area contributed by atoms with Gasteiger partial charge in [-0.05, 0) is 53.9 Å². The monoisotopic (exact) mass is 460 g/mol. The molecule has 1 aliphatic rings. The maximum atomic E-state index is 13.2. The number of carbonyl (C=O) groups is 2. The van der Waals surface area contributed by atoms with Crippen molar-refractivity contribution in [3.63, 3.8) is 0 Å². The third-order valence-electron chi connectivity index (χ3n) is 5.41. The summed E-state index contributed by atoms with van der Waals surface area (Å²) in [6, 6.07) is 16.7. The molecule has 7 heteroatoms. The van der Waals surface area contributed by atoms with E-state index in [1.165, 1.54) is 12.1 Å². The van der Waals surface area contributed by atoms with E-state index < -0.39 is 23.6 Å². The van der Waals surface area contributed by atoms with E-state index in [9.17, 15) is 22.8 Å². The summed E-state index contributed by atoms with van der Waals surface area (Å²) in [7, 11) is 0.